The highest BCUT2D eigenvalue weighted by atomic mass is 79.9. The Kier molecular flexibility index (Phi) is 8.45. The van der Waals surface area contributed by atoms with Gasteiger partial charge in [-0.15, -0.1) is 0 Å². The van der Waals surface area contributed by atoms with Crippen molar-refractivity contribution < 1.29 is 18.7 Å². The van der Waals surface area contributed by atoms with E-state index in [1.807, 2.05) is 18.5 Å². The number of alkyl halides is 1. The maximum atomic E-state index is 13.4. The predicted molar refractivity (Wildman–Crippen MR) is 140 cm³/mol. The molecule has 1 amide bonds. The van der Waals surface area contributed by atoms with E-state index >= 15 is 0 Å². The average Bonchev–Trinajstić information content (AvgIpc) is 3.13. The van der Waals surface area contributed by atoms with E-state index in [0.29, 0.717) is 36.0 Å². The van der Waals surface area contributed by atoms with Crippen LogP contribution in [0.5, 0.6) is 11.5 Å². The van der Waals surface area contributed by atoms with Gasteiger partial charge in [-0.25, -0.2) is 0 Å². The fraction of sp³-hybridized carbons (Fsp3) is 0.600. The van der Waals surface area contributed by atoms with Gasteiger partial charge >= 0.3 is 0 Å². The Morgan fingerprint density at radius 3 is 2.61 bits per heavy atom. The first kappa shape index (κ1) is 26.0. The Morgan fingerprint density at radius 1 is 1.18 bits per heavy atom. The second kappa shape index (κ2) is 10.7. The van der Waals surface area contributed by atoms with Crippen LogP contribution in [0.4, 0.5) is 5.69 Å². The number of aliphatic imine (C=N–C) groups is 1. The molecule has 33 heavy (non-hydrogen) atoms. The molecule has 182 valence electrons. The Bertz CT molecular complexity index is 924. The molecule has 0 spiro atoms. The second-order valence-corrected chi connectivity index (χ2v) is 15.8. The molecule has 8 heteroatoms. The first-order valence-electron chi connectivity index (χ1n) is 11.7. The van der Waals surface area contributed by atoms with Gasteiger partial charge in [0.2, 0.25) is 0 Å². The Hall–Kier alpha value is -1.64. The Labute approximate surface area is 207 Å². The van der Waals surface area contributed by atoms with Crippen LogP contribution in [0.1, 0.15) is 56.8 Å². The van der Waals surface area contributed by atoms with Crippen LogP contribution >= 0.6 is 15.9 Å². The van der Waals surface area contributed by atoms with Crippen LogP contribution in [-0.2, 0) is 4.43 Å². The molecule has 2 heterocycles. The van der Waals surface area contributed by atoms with Gasteiger partial charge in [-0.3, -0.25) is 9.79 Å². The molecule has 0 aromatic heterocycles. The largest absolute Gasteiger partial charge is 0.493 e. The Morgan fingerprint density at radius 2 is 1.94 bits per heavy atom. The van der Waals surface area contributed by atoms with E-state index in [0.717, 1.165) is 36.6 Å². The van der Waals surface area contributed by atoms with Crippen molar-refractivity contribution in [3.05, 3.63) is 29.5 Å². The van der Waals surface area contributed by atoms with E-state index in [2.05, 4.69) is 54.8 Å². The molecular formula is C25H37BrN2O4Si. The second-order valence-electron chi connectivity index (χ2n) is 10.2. The average molecular weight is 538 g/mol. The monoisotopic (exact) mass is 536 g/mol. The Balaban J connectivity index is 1.74. The zero-order valence-corrected chi connectivity index (χ0v) is 23.3. The predicted octanol–water partition coefficient (Wildman–Crippen LogP) is 6.48. The van der Waals surface area contributed by atoms with Crippen molar-refractivity contribution in [2.75, 3.05) is 25.7 Å². The number of hydrogen-bond donors (Lipinski definition) is 0. The SMILES string of the molecule is COc1cc2c(cc1OCCCCCBr)N=CC1CC(CO[Si](C)(C)C(C)(C)C)=CN1C2=O. The highest BCUT2D eigenvalue weighted by Gasteiger charge is 2.38. The molecular weight excluding hydrogens is 500 g/mol. The smallest absolute Gasteiger partial charge is 0.260 e. The van der Waals surface area contributed by atoms with Crippen LogP contribution in [0.15, 0.2) is 28.9 Å². The number of carbonyl (C=O) groups excluding carboxylic acids is 1. The molecule has 1 atom stereocenters. The quantitative estimate of drug-likeness (QED) is 0.195. The number of ether oxygens (including phenoxy) is 2. The van der Waals surface area contributed by atoms with Crippen LogP contribution in [0.25, 0.3) is 0 Å². The third kappa shape index (κ3) is 6.08. The van der Waals surface area contributed by atoms with Gasteiger partial charge in [-0.05, 0) is 55.5 Å². The van der Waals surface area contributed by atoms with Gasteiger partial charge in [0, 0.05) is 23.8 Å². The zero-order valence-electron chi connectivity index (χ0n) is 20.7. The molecule has 0 fully saturated rings. The van der Waals surface area contributed by atoms with Crippen LogP contribution < -0.4 is 9.47 Å². The number of nitrogens with zero attached hydrogens (tertiary/aromatic N) is 2. The molecule has 0 saturated heterocycles. The van der Waals surface area contributed by atoms with Crippen molar-refractivity contribution in [1.29, 1.82) is 0 Å². The number of fused-ring (bicyclic) bond motifs is 2. The lowest BCUT2D eigenvalue weighted by Crippen LogP contribution is -2.41. The number of unbranched alkanes of at least 4 members (excludes halogenated alkanes) is 2. The van der Waals surface area contributed by atoms with Crippen molar-refractivity contribution in [2.24, 2.45) is 4.99 Å². The molecule has 1 aromatic carbocycles. The normalized spacial score (nSPS) is 18.0. The number of halogens is 1. The summed E-state index contributed by atoms with van der Waals surface area (Å²) in [5.74, 6) is 1.11. The molecule has 2 aliphatic heterocycles. The van der Waals surface area contributed by atoms with Crippen LogP contribution in [0.3, 0.4) is 0 Å². The molecule has 0 bridgehead atoms. The lowest BCUT2D eigenvalue weighted by atomic mass is 10.1. The fourth-order valence-electron chi connectivity index (χ4n) is 3.59. The standard InChI is InChI=1S/C25H37BrN2O4Si/c1-25(2,3)33(5,6)32-17-18-12-19-15-27-21-14-23(31-11-9-7-8-10-26)22(30-4)13-20(21)24(29)28(19)16-18/h13-16,19H,7-12,17H2,1-6H3. The number of amides is 1. The topological polar surface area (TPSA) is 60.4 Å². The molecule has 1 aromatic rings. The van der Waals surface area contributed by atoms with E-state index in [9.17, 15) is 4.79 Å². The van der Waals surface area contributed by atoms with E-state index in [1.54, 1.807) is 18.1 Å². The third-order valence-corrected chi connectivity index (χ3v) is 11.8. The van der Waals surface area contributed by atoms with E-state index in [4.69, 9.17) is 13.9 Å². The summed E-state index contributed by atoms with van der Waals surface area (Å²) in [5, 5.41) is 1.15. The number of benzene rings is 1. The summed E-state index contributed by atoms with van der Waals surface area (Å²) in [6, 6.07) is 3.48. The summed E-state index contributed by atoms with van der Waals surface area (Å²) in [6.07, 6.45) is 7.74. The van der Waals surface area contributed by atoms with Gasteiger partial charge in [0.15, 0.2) is 19.8 Å². The lowest BCUT2D eigenvalue weighted by Gasteiger charge is -2.36. The first-order valence-corrected chi connectivity index (χ1v) is 15.7. The molecule has 2 aliphatic rings. The molecule has 0 aliphatic carbocycles. The molecule has 6 nitrogen and oxygen atoms in total. The number of methoxy groups -OCH3 is 1. The third-order valence-electron chi connectivity index (χ3n) is 6.74. The summed E-state index contributed by atoms with van der Waals surface area (Å²) >= 11 is 3.45. The maximum Gasteiger partial charge on any atom is 0.260 e. The highest BCUT2D eigenvalue weighted by molar-refractivity contribution is 9.09. The summed E-state index contributed by atoms with van der Waals surface area (Å²) in [6.45, 7) is 12.4. The zero-order chi connectivity index (χ0) is 24.2. The van der Waals surface area contributed by atoms with Gasteiger partial charge < -0.3 is 18.8 Å². The number of hydrogen-bond acceptors (Lipinski definition) is 5. The molecule has 0 N–H and O–H groups in total. The van der Waals surface area contributed by atoms with Crippen LogP contribution in [-0.4, -0.2) is 57.0 Å². The minimum atomic E-state index is -1.85. The van der Waals surface area contributed by atoms with Crippen molar-refractivity contribution in [2.45, 2.75) is 70.6 Å². The van der Waals surface area contributed by atoms with Crippen molar-refractivity contribution in [3.63, 3.8) is 0 Å². The lowest BCUT2D eigenvalue weighted by molar-refractivity contribution is 0.0817. The van der Waals surface area contributed by atoms with Gasteiger partial charge in [-0.1, -0.05) is 36.7 Å². The first-order chi connectivity index (χ1) is 15.6. The minimum absolute atomic E-state index is 0.0722. The molecule has 0 radical (unpaired) electrons. The van der Waals surface area contributed by atoms with E-state index < -0.39 is 8.32 Å². The van der Waals surface area contributed by atoms with Crippen LogP contribution in [0.2, 0.25) is 18.1 Å². The highest BCUT2D eigenvalue weighted by Crippen LogP contribution is 2.40. The van der Waals surface area contributed by atoms with Crippen molar-refractivity contribution in [3.8, 4) is 11.5 Å². The van der Waals surface area contributed by atoms with E-state index in [1.165, 1.54) is 0 Å². The molecule has 0 saturated carbocycles. The fourth-order valence-corrected chi connectivity index (χ4v) is 4.97. The van der Waals surface area contributed by atoms with Gasteiger partial charge in [-0.2, -0.15) is 0 Å². The van der Waals surface area contributed by atoms with Gasteiger partial charge in [0.1, 0.15) is 0 Å². The minimum Gasteiger partial charge on any atom is -0.493 e. The van der Waals surface area contributed by atoms with Gasteiger partial charge in [0.05, 0.1) is 37.6 Å². The number of rotatable bonds is 10. The molecule has 3 rings (SSSR count). The summed E-state index contributed by atoms with van der Waals surface area (Å²) in [7, 11) is -0.258. The number of carbonyl (C=O) groups is 1. The maximum absolute atomic E-state index is 13.4. The summed E-state index contributed by atoms with van der Waals surface area (Å²) in [5.41, 5.74) is 2.28. The van der Waals surface area contributed by atoms with Gasteiger partial charge in [0.25, 0.3) is 5.91 Å². The van der Waals surface area contributed by atoms with E-state index in [-0.39, 0.29) is 17.0 Å². The molecule has 1 unspecified atom stereocenters. The van der Waals surface area contributed by atoms with Crippen LogP contribution in [0, 0.1) is 0 Å². The van der Waals surface area contributed by atoms with Crippen molar-refractivity contribution >= 4 is 42.1 Å². The van der Waals surface area contributed by atoms with Crippen molar-refractivity contribution in [1.82, 2.24) is 4.90 Å². The summed E-state index contributed by atoms with van der Waals surface area (Å²) in [4.78, 5) is 19.8. The summed E-state index contributed by atoms with van der Waals surface area (Å²) < 4.78 is 17.9.